The number of pyridine rings is 1. The Morgan fingerprint density at radius 3 is 2.30 bits per heavy atom. The SMILES string of the molecule is CC(C)(c1ccc(F)cc1)C(Cc1ccncc1)NN. The van der Waals surface area contributed by atoms with E-state index in [1.807, 2.05) is 24.3 Å². The lowest BCUT2D eigenvalue weighted by atomic mass is 9.76. The van der Waals surface area contributed by atoms with Gasteiger partial charge in [-0.1, -0.05) is 26.0 Å². The van der Waals surface area contributed by atoms with Crippen molar-refractivity contribution in [3.8, 4) is 0 Å². The summed E-state index contributed by atoms with van der Waals surface area (Å²) < 4.78 is 13.1. The molecule has 2 aromatic rings. The molecule has 20 heavy (non-hydrogen) atoms. The van der Waals surface area contributed by atoms with Crippen LogP contribution in [0.2, 0.25) is 0 Å². The molecule has 1 aromatic heterocycles. The molecule has 0 fully saturated rings. The molecule has 0 aliphatic heterocycles. The summed E-state index contributed by atoms with van der Waals surface area (Å²) in [5, 5.41) is 0. The Morgan fingerprint density at radius 1 is 1.15 bits per heavy atom. The van der Waals surface area contributed by atoms with Crippen molar-refractivity contribution < 1.29 is 4.39 Å². The average Bonchev–Trinajstić information content (AvgIpc) is 2.46. The lowest BCUT2D eigenvalue weighted by molar-refractivity contribution is 0.341. The van der Waals surface area contributed by atoms with Gasteiger partial charge in [0.25, 0.3) is 0 Å². The van der Waals surface area contributed by atoms with Gasteiger partial charge in [0.2, 0.25) is 0 Å². The van der Waals surface area contributed by atoms with Crippen molar-refractivity contribution in [2.75, 3.05) is 0 Å². The Labute approximate surface area is 119 Å². The van der Waals surface area contributed by atoms with Gasteiger partial charge in [0.05, 0.1) is 0 Å². The molecule has 0 aliphatic rings. The molecule has 0 saturated carbocycles. The van der Waals surface area contributed by atoms with Gasteiger partial charge in [-0.3, -0.25) is 16.3 Å². The highest BCUT2D eigenvalue weighted by molar-refractivity contribution is 5.27. The summed E-state index contributed by atoms with van der Waals surface area (Å²) in [6.45, 7) is 4.21. The molecule has 3 N–H and O–H groups in total. The third-order valence-corrected chi connectivity index (χ3v) is 3.85. The molecule has 4 heteroatoms. The number of rotatable bonds is 5. The van der Waals surface area contributed by atoms with Crippen LogP contribution in [0.1, 0.15) is 25.0 Å². The Hall–Kier alpha value is -1.78. The first-order valence-electron chi connectivity index (χ1n) is 6.65. The average molecular weight is 273 g/mol. The number of hydrogen-bond donors (Lipinski definition) is 2. The van der Waals surface area contributed by atoms with E-state index in [9.17, 15) is 4.39 Å². The highest BCUT2D eigenvalue weighted by Gasteiger charge is 2.30. The maximum atomic E-state index is 13.1. The van der Waals surface area contributed by atoms with Crippen molar-refractivity contribution in [2.24, 2.45) is 5.84 Å². The van der Waals surface area contributed by atoms with Gasteiger partial charge >= 0.3 is 0 Å². The summed E-state index contributed by atoms with van der Waals surface area (Å²) in [5.41, 5.74) is 4.89. The van der Waals surface area contributed by atoms with Crippen LogP contribution in [0, 0.1) is 5.82 Å². The van der Waals surface area contributed by atoms with Gasteiger partial charge in [0.15, 0.2) is 0 Å². The van der Waals surface area contributed by atoms with Crippen LogP contribution in [-0.4, -0.2) is 11.0 Å². The minimum absolute atomic E-state index is 0.0374. The van der Waals surface area contributed by atoms with E-state index in [-0.39, 0.29) is 17.3 Å². The Morgan fingerprint density at radius 2 is 1.75 bits per heavy atom. The second-order valence-corrected chi connectivity index (χ2v) is 5.51. The second kappa shape index (κ2) is 6.11. The summed E-state index contributed by atoms with van der Waals surface area (Å²) in [4.78, 5) is 4.02. The molecule has 0 bridgehead atoms. The van der Waals surface area contributed by atoms with Gasteiger partial charge < -0.3 is 0 Å². The molecule has 0 spiro atoms. The van der Waals surface area contributed by atoms with E-state index in [2.05, 4.69) is 24.3 Å². The molecular formula is C16H20FN3. The fourth-order valence-electron chi connectivity index (χ4n) is 2.36. The third-order valence-electron chi connectivity index (χ3n) is 3.85. The molecule has 1 aromatic carbocycles. The van der Waals surface area contributed by atoms with Crippen LogP contribution in [0.5, 0.6) is 0 Å². The lowest BCUT2D eigenvalue weighted by Gasteiger charge is -2.34. The van der Waals surface area contributed by atoms with Crippen LogP contribution in [0.25, 0.3) is 0 Å². The van der Waals surface area contributed by atoms with Gasteiger partial charge in [-0.15, -0.1) is 0 Å². The van der Waals surface area contributed by atoms with E-state index in [1.165, 1.54) is 12.1 Å². The molecular weight excluding hydrogens is 253 g/mol. The Kier molecular flexibility index (Phi) is 4.47. The van der Waals surface area contributed by atoms with E-state index in [0.29, 0.717) is 0 Å². The smallest absolute Gasteiger partial charge is 0.123 e. The van der Waals surface area contributed by atoms with E-state index in [4.69, 9.17) is 5.84 Å². The Balaban J connectivity index is 2.23. The zero-order chi connectivity index (χ0) is 14.6. The molecule has 0 aliphatic carbocycles. The predicted molar refractivity (Wildman–Crippen MR) is 78.5 cm³/mol. The topological polar surface area (TPSA) is 50.9 Å². The van der Waals surface area contributed by atoms with Gasteiger partial charge in [-0.05, 0) is 41.8 Å². The fourth-order valence-corrected chi connectivity index (χ4v) is 2.36. The highest BCUT2D eigenvalue weighted by atomic mass is 19.1. The van der Waals surface area contributed by atoms with Crippen LogP contribution < -0.4 is 11.3 Å². The number of halogens is 1. The highest BCUT2D eigenvalue weighted by Crippen LogP contribution is 2.29. The monoisotopic (exact) mass is 273 g/mol. The van der Waals surface area contributed by atoms with Gasteiger partial charge in [0, 0.05) is 23.9 Å². The summed E-state index contributed by atoms with van der Waals surface area (Å²) in [6, 6.07) is 10.6. The summed E-state index contributed by atoms with van der Waals surface area (Å²) in [6.07, 6.45) is 4.32. The first-order chi connectivity index (χ1) is 9.54. The first-order valence-corrected chi connectivity index (χ1v) is 6.65. The van der Waals surface area contributed by atoms with Crippen molar-refractivity contribution in [3.63, 3.8) is 0 Å². The van der Waals surface area contributed by atoms with Gasteiger partial charge in [-0.25, -0.2) is 4.39 Å². The number of benzene rings is 1. The molecule has 2 rings (SSSR count). The van der Waals surface area contributed by atoms with Crippen LogP contribution in [0.4, 0.5) is 4.39 Å². The van der Waals surface area contributed by atoms with Crippen molar-refractivity contribution in [1.82, 2.24) is 10.4 Å². The molecule has 3 nitrogen and oxygen atoms in total. The van der Waals surface area contributed by atoms with E-state index < -0.39 is 0 Å². The number of hydrogen-bond acceptors (Lipinski definition) is 3. The van der Waals surface area contributed by atoms with Crippen LogP contribution in [0.15, 0.2) is 48.8 Å². The van der Waals surface area contributed by atoms with Crippen LogP contribution in [0.3, 0.4) is 0 Å². The molecule has 0 amide bonds. The predicted octanol–water partition coefficient (Wildman–Crippen LogP) is 2.57. The first kappa shape index (κ1) is 14.6. The quantitative estimate of drug-likeness (QED) is 0.650. The zero-order valence-electron chi connectivity index (χ0n) is 11.8. The standard InChI is InChI=1S/C16H20FN3/c1-16(2,13-3-5-14(17)6-4-13)15(20-18)11-12-7-9-19-10-8-12/h3-10,15,20H,11,18H2,1-2H3. The van der Waals surface area contributed by atoms with E-state index in [1.54, 1.807) is 12.4 Å². The lowest BCUT2D eigenvalue weighted by Crippen LogP contribution is -2.49. The fraction of sp³-hybridized carbons (Fsp3) is 0.312. The van der Waals surface area contributed by atoms with Crippen molar-refractivity contribution in [3.05, 3.63) is 65.7 Å². The largest absolute Gasteiger partial charge is 0.271 e. The van der Waals surface area contributed by atoms with Crippen LogP contribution >= 0.6 is 0 Å². The molecule has 1 atom stereocenters. The van der Waals surface area contributed by atoms with Crippen molar-refractivity contribution >= 4 is 0 Å². The number of nitrogens with two attached hydrogens (primary N) is 1. The molecule has 1 heterocycles. The molecule has 106 valence electrons. The van der Waals surface area contributed by atoms with Gasteiger partial charge in [0.1, 0.15) is 5.82 Å². The minimum atomic E-state index is -0.226. The normalized spacial score (nSPS) is 13.2. The summed E-state index contributed by atoms with van der Waals surface area (Å²) in [5.74, 6) is 5.51. The number of aromatic nitrogens is 1. The second-order valence-electron chi connectivity index (χ2n) is 5.51. The van der Waals surface area contributed by atoms with Crippen molar-refractivity contribution in [1.29, 1.82) is 0 Å². The number of hydrazine groups is 1. The summed E-state index contributed by atoms with van der Waals surface area (Å²) in [7, 11) is 0. The summed E-state index contributed by atoms with van der Waals surface area (Å²) >= 11 is 0. The Bertz CT molecular complexity index is 537. The third kappa shape index (κ3) is 3.21. The molecule has 0 radical (unpaired) electrons. The zero-order valence-corrected chi connectivity index (χ0v) is 11.8. The number of nitrogens with one attached hydrogen (secondary N) is 1. The molecule has 0 saturated heterocycles. The van der Waals surface area contributed by atoms with Crippen molar-refractivity contribution in [2.45, 2.75) is 31.7 Å². The van der Waals surface area contributed by atoms with Crippen LogP contribution in [-0.2, 0) is 11.8 Å². The maximum Gasteiger partial charge on any atom is 0.123 e. The van der Waals surface area contributed by atoms with E-state index in [0.717, 1.165) is 17.5 Å². The van der Waals surface area contributed by atoms with E-state index >= 15 is 0 Å². The maximum absolute atomic E-state index is 13.1. The van der Waals surface area contributed by atoms with Gasteiger partial charge in [-0.2, -0.15) is 0 Å². The number of nitrogens with zero attached hydrogens (tertiary/aromatic N) is 1. The minimum Gasteiger partial charge on any atom is -0.271 e. The molecule has 1 unspecified atom stereocenters.